The second-order valence-corrected chi connectivity index (χ2v) is 0.359. The van der Waals surface area contributed by atoms with Crippen molar-refractivity contribution in [3.05, 3.63) is 4.91 Å². The number of nitrogens with zero attached hydrogens (tertiary/aromatic N) is 1. The van der Waals surface area contributed by atoms with Crippen LogP contribution in [0.1, 0.15) is 0 Å². The van der Waals surface area contributed by atoms with Crippen LogP contribution in [-0.4, -0.2) is 0 Å². The molecule has 0 saturated carbocycles. The maximum Gasteiger partial charge on any atom is 2.00 e. The quantitative estimate of drug-likeness (QED) is 0.435. The summed E-state index contributed by atoms with van der Waals surface area (Å²) in [6, 6.07) is 0. The molecule has 0 amide bonds. The smallest absolute Gasteiger partial charge is 0.137 e. The SMILES string of the molecule is O=NBr.[Ru+2]. The summed E-state index contributed by atoms with van der Waals surface area (Å²) in [5.41, 5.74) is 0. The van der Waals surface area contributed by atoms with Crippen molar-refractivity contribution in [2.75, 3.05) is 0 Å². The zero-order chi connectivity index (χ0) is 2.71. The van der Waals surface area contributed by atoms with Gasteiger partial charge in [0.15, 0.2) is 0 Å². The molecule has 2 nitrogen and oxygen atoms in total. The summed E-state index contributed by atoms with van der Waals surface area (Å²) in [6.45, 7) is 0. The molecule has 0 aromatic rings. The Hall–Kier alpha value is 0.703. The van der Waals surface area contributed by atoms with Crippen molar-refractivity contribution in [1.82, 2.24) is 0 Å². The molecule has 0 aliphatic heterocycles. The summed E-state index contributed by atoms with van der Waals surface area (Å²) in [4.78, 5) is 8.47. The Morgan fingerprint density at radius 2 is 1.75 bits per heavy atom. The molecule has 0 atom stereocenters. The topological polar surface area (TPSA) is 29.4 Å². The molecular formula is BrNORu+2. The Morgan fingerprint density at radius 3 is 1.75 bits per heavy atom. The molecule has 0 aromatic carbocycles. The van der Waals surface area contributed by atoms with E-state index in [9.17, 15) is 0 Å². The van der Waals surface area contributed by atoms with Crippen molar-refractivity contribution in [1.29, 1.82) is 0 Å². The van der Waals surface area contributed by atoms with Crippen LogP contribution in [-0.2, 0) is 19.5 Å². The van der Waals surface area contributed by atoms with Gasteiger partial charge in [-0.3, -0.25) is 0 Å². The first-order chi connectivity index (χ1) is 1.41. The van der Waals surface area contributed by atoms with Crippen LogP contribution in [0.4, 0.5) is 0 Å². The van der Waals surface area contributed by atoms with Crippen LogP contribution in [0.25, 0.3) is 0 Å². The standard InChI is InChI=1S/BrNO.Ru/c1-2-3;/q;+2. The largest absolute Gasteiger partial charge is 2.00 e. The first-order valence-electron chi connectivity index (χ1n) is 0.352. The van der Waals surface area contributed by atoms with Gasteiger partial charge in [0.2, 0.25) is 0 Å². The third kappa shape index (κ3) is 15.9. The Balaban J connectivity index is 0. The van der Waals surface area contributed by atoms with Gasteiger partial charge in [-0.25, -0.2) is 0 Å². The molecule has 0 unspecified atom stereocenters. The molecule has 4 heteroatoms. The van der Waals surface area contributed by atoms with Crippen molar-refractivity contribution in [3.63, 3.8) is 0 Å². The molecule has 0 spiro atoms. The Morgan fingerprint density at radius 1 is 1.75 bits per heavy atom. The van der Waals surface area contributed by atoms with E-state index in [1.807, 2.05) is 0 Å². The maximum absolute atomic E-state index is 8.47. The third-order valence-electron chi connectivity index (χ3n) is 0. The summed E-state index contributed by atoms with van der Waals surface area (Å²) >= 11 is 2.22. The predicted octanol–water partition coefficient (Wildman–Crippen LogP) is 1.06. The van der Waals surface area contributed by atoms with E-state index in [0.717, 1.165) is 0 Å². The van der Waals surface area contributed by atoms with Crippen LogP contribution in [0.15, 0.2) is 4.20 Å². The van der Waals surface area contributed by atoms with Gasteiger partial charge in [-0.1, -0.05) is 0 Å². The van der Waals surface area contributed by atoms with Gasteiger partial charge in [-0.15, -0.1) is 4.91 Å². The van der Waals surface area contributed by atoms with Crippen LogP contribution in [0.5, 0.6) is 0 Å². The summed E-state index contributed by atoms with van der Waals surface area (Å²) in [7, 11) is 0. The van der Waals surface area contributed by atoms with Crippen molar-refractivity contribution >= 4 is 16.1 Å². The fourth-order valence-corrected chi connectivity index (χ4v) is 0. The number of halogens is 1. The molecule has 0 heterocycles. The fraction of sp³-hybridized carbons (Fsp3) is 0. The van der Waals surface area contributed by atoms with Gasteiger partial charge in [-0.2, -0.15) is 0 Å². The van der Waals surface area contributed by atoms with E-state index in [1.165, 1.54) is 0 Å². The third-order valence-corrected chi connectivity index (χ3v) is 0. The van der Waals surface area contributed by atoms with Crippen LogP contribution in [0, 0.1) is 4.91 Å². The van der Waals surface area contributed by atoms with Gasteiger partial charge in [0, 0.05) is 4.20 Å². The Bertz CT molecular complexity index is 15.5. The second-order valence-electron chi connectivity index (χ2n) is 0.0690. The van der Waals surface area contributed by atoms with Gasteiger partial charge >= 0.3 is 19.5 Å². The molecular weight excluding hydrogens is 211 g/mol. The van der Waals surface area contributed by atoms with E-state index >= 15 is 0 Å². The average molecular weight is 211 g/mol. The molecule has 4 heavy (non-hydrogen) atoms. The summed E-state index contributed by atoms with van der Waals surface area (Å²) < 4.78 is 2.06. The Kier molecular flexibility index (Phi) is 20.6. The number of nitroso groups, excluding NO2 is 1. The number of hydrogen-bond acceptors (Lipinski definition) is 2. The molecule has 0 bridgehead atoms. The monoisotopic (exact) mass is 211 g/mol. The molecule has 0 rings (SSSR count). The van der Waals surface area contributed by atoms with E-state index in [1.54, 1.807) is 0 Å². The zero-order valence-corrected chi connectivity index (χ0v) is 4.91. The molecule has 0 radical (unpaired) electrons. The fourth-order valence-electron chi connectivity index (χ4n) is 0. The van der Waals surface area contributed by atoms with E-state index in [-0.39, 0.29) is 19.5 Å². The molecule has 0 fully saturated rings. The zero-order valence-electron chi connectivity index (χ0n) is 1.59. The average Bonchev–Trinajstić information content (AvgIpc) is 0.918. The van der Waals surface area contributed by atoms with Crippen LogP contribution < -0.4 is 0 Å². The van der Waals surface area contributed by atoms with Crippen molar-refractivity contribution in [2.45, 2.75) is 0 Å². The molecule has 0 aliphatic rings. The van der Waals surface area contributed by atoms with Gasteiger partial charge in [0.25, 0.3) is 0 Å². The summed E-state index contributed by atoms with van der Waals surface area (Å²) in [5.74, 6) is 0. The second kappa shape index (κ2) is 9.33. The van der Waals surface area contributed by atoms with Gasteiger partial charge in [0.05, 0.1) is 0 Å². The van der Waals surface area contributed by atoms with Crippen molar-refractivity contribution < 1.29 is 19.5 Å². The first-order valence-corrected chi connectivity index (χ1v) is 1.06. The van der Waals surface area contributed by atoms with E-state index < -0.39 is 0 Å². The number of rotatable bonds is 0. The van der Waals surface area contributed by atoms with Crippen LogP contribution >= 0.6 is 16.1 Å². The predicted molar refractivity (Wildman–Crippen MR) is 14.7 cm³/mol. The first kappa shape index (κ1) is 8.83. The van der Waals surface area contributed by atoms with Crippen molar-refractivity contribution in [3.8, 4) is 0 Å². The van der Waals surface area contributed by atoms with E-state index in [4.69, 9.17) is 4.91 Å². The summed E-state index contributed by atoms with van der Waals surface area (Å²) in [5, 5.41) is 0. The van der Waals surface area contributed by atoms with Gasteiger partial charge < -0.3 is 0 Å². The van der Waals surface area contributed by atoms with Gasteiger partial charge in [-0.05, 0) is 0 Å². The molecule has 0 aromatic heterocycles. The number of hydrogen-bond donors (Lipinski definition) is 0. The maximum atomic E-state index is 8.47. The molecule has 0 N–H and O–H groups in total. The molecule has 0 saturated heterocycles. The normalized spacial score (nSPS) is 3.25. The van der Waals surface area contributed by atoms with Crippen molar-refractivity contribution in [2.24, 2.45) is 4.20 Å². The van der Waals surface area contributed by atoms with E-state index in [2.05, 4.69) is 20.4 Å². The van der Waals surface area contributed by atoms with Gasteiger partial charge in [0.1, 0.15) is 16.1 Å². The minimum absolute atomic E-state index is 0. The molecule has 24 valence electrons. The minimum atomic E-state index is 0. The van der Waals surface area contributed by atoms with Crippen LogP contribution in [0.2, 0.25) is 0 Å². The summed E-state index contributed by atoms with van der Waals surface area (Å²) in [6.07, 6.45) is 0. The molecule has 0 aliphatic carbocycles. The van der Waals surface area contributed by atoms with Crippen LogP contribution in [0.3, 0.4) is 0 Å². The minimum Gasteiger partial charge on any atom is -0.137 e. The van der Waals surface area contributed by atoms with E-state index in [0.29, 0.717) is 0 Å². The Labute approximate surface area is 45.0 Å².